The molecule has 94 valence electrons. The van der Waals surface area contributed by atoms with Crippen molar-refractivity contribution in [3.8, 4) is 0 Å². The van der Waals surface area contributed by atoms with Crippen molar-refractivity contribution in [1.29, 1.82) is 0 Å². The average Bonchev–Trinajstić information content (AvgIpc) is 2.26. The molecule has 0 heterocycles. The quantitative estimate of drug-likeness (QED) is 0.546. The molecule has 0 fully saturated rings. The molecule has 1 rings (SSSR count). The number of allylic oxidation sites excluding steroid dienone is 2. The van der Waals surface area contributed by atoms with E-state index in [-0.39, 0.29) is 0 Å². The standard InChI is InChI=1S/C16H30/c1-5-15-8-6-7-14(4)9-11-16(12-10-15)13(2)3/h6-7,13-16H,5,8-12H2,1-4H3/b7-6+/t14-,15-,16+/m0/s1. The summed E-state index contributed by atoms with van der Waals surface area (Å²) >= 11 is 0. The first-order valence-electron chi connectivity index (χ1n) is 7.30. The Balaban J connectivity index is 2.58. The minimum absolute atomic E-state index is 0.789. The van der Waals surface area contributed by atoms with E-state index in [2.05, 4.69) is 39.8 Å². The fraction of sp³-hybridized carbons (Fsp3) is 0.875. The normalized spacial score (nSPS) is 34.9. The Morgan fingerprint density at radius 3 is 2.44 bits per heavy atom. The molecule has 0 aromatic carbocycles. The molecular formula is C16H30. The van der Waals surface area contributed by atoms with Crippen LogP contribution in [-0.2, 0) is 0 Å². The smallest absolute Gasteiger partial charge is 0.0262 e. The molecule has 0 aromatic rings. The maximum Gasteiger partial charge on any atom is -0.0262 e. The second-order valence-corrected chi connectivity index (χ2v) is 6.07. The molecule has 1 aliphatic rings. The lowest BCUT2D eigenvalue weighted by Crippen LogP contribution is -2.13. The molecule has 16 heavy (non-hydrogen) atoms. The van der Waals surface area contributed by atoms with Crippen LogP contribution in [0.4, 0.5) is 0 Å². The van der Waals surface area contributed by atoms with Gasteiger partial charge >= 0.3 is 0 Å². The van der Waals surface area contributed by atoms with E-state index in [4.69, 9.17) is 0 Å². The Kier molecular flexibility index (Phi) is 6.16. The highest BCUT2D eigenvalue weighted by atomic mass is 14.2. The highest BCUT2D eigenvalue weighted by Crippen LogP contribution is 2.30. The Morgan fingerprint density at radius 2 is 1.81 bits per heavy atom. The van der Waals surface area contributed by atoms with E-state index in [1.165, 1.54) is 38.5 Å². The van der Waals surface area contributed by atoms with Crippen molar-refractivity contribution in [3.63, 3.8) is 0 Å². The van der Waals surface area contributed by atoms with Crippen LogP contribution in [0, 0.1) is 23.7 Å². The zero-order chi connectivity index (χ0) is 12.0. The molecule has 0 aliphatic heterocycles. The van der Waals surface area contributed by atoms with Crippen LogP contribution in [0.5, 0.6) is 0 Å². The Morgan fingerprint density at radius 1 is 1.12 bits per heavy atom. The fourth-order valence-electron chi connectivity index (χ4n) is 2.83. The molecule has 0 bridgehead atoms. The Bertz CT molecular complexity index is 202. The molecule has 0 saturated heterocycles. The van der Waals surface area contributed by atoms with Gasteiger partial charge in [-0.1, -0.05) is 46.3 Å². The maximum atomic E-state index is 2.45. The molecule has 0 heteroatoms. The van der Waals surface area contributed by atoms with E-state index in [0.717, 1.165) is 23.7 Å². The number of hydrogen-bond acceptors (Lipinski definition) is 0. The van der Waals surface area contributed by atoms with Crippen molar-refractivity contribution < 1.29 is 0 Å². The van der Waals surface area contributed by atoms with E-state index >= 15 is 0 Å². The second kappa shape index (κ2) is 7.14. The Labute approximate surface area is 103 Å². The van der Waals surface area contributed by atoms with Crippen molar-refractivity contribution >= 4 is 0 Å². The molecule has 0 unspecified atom stereocenters. The summed E-state index contributed by atoms with van der Waals surface area (Å²) in [4.78, 5) is 0. The predicted octanol–water partition coefficient (Wildman–Crippen LogP) is 5.44. The summed E-state index contributed by atoms with van der Waals surface area (Å²) < 4.78 is 0. The number of rotatable bonds is 2. The number of hydrogen-bond donors (Lipinski definition) is 0. The topological polar surface area (TPSA) is 0 Å². The average molecular weight is 222 g/mol. The van der Waals surface area contributed by atoms with Gasteiger partial charge < -0.3 is 0 Å². The molecular weight excluding hydrogens is 192 g/mol. The van der Waals surface area contributed by atoms with Crippen LogP contribution >= 0.6 is 0 Å². The zero-order valence-corrected chi connectivity index (χ0v) is 11.7. The van der Waals surface area contributed by atoms with Crippen LogP contribution in [-0.4, -0.2) is 0 Å². The minimum atomic E-state index is 0.789. The van der Waals surface area contributed by atoms with Crippen molar-refractivity contribution in [3.05, 3.63) is 12.2 Å². The molecule has 0 aromatic heterocycles. The van der Waals surface area contributed by atoms with Crippen LogP contribution in [0.25, 0.3) is 0 Å². The van der Waals surface area contributed by atoms with E-state index in [9.17, 15) is 0 Å². The van der Waals surface area contributed by atoms with E-state index in [0.29, 0.717) is 0 Å². The highest BCUT2D eigenvalue weighted by molar-refractivity contribution is 4.89. The minimum Gasteiger partial charge on any atom is -0.0880 e. The van der Waals surface area contributed by atoms with Crippen LogP contribution in [0.3, 0.4) is 0 Å². The van der Waals surface area contributed by atoms with Crippen LogP contribution in [0.1, 0.15) is 66.2 Å². The third kappa shape index (κ3) is 4.72. The first-order chi connectivity index (χ1) is 7.63. The first kappa shape index (κ1) is 13.8. The molecule has 0 nitrogen and oxygen atoms in total. The molecule has 0 radical (unpaired) electrons. The van der Waals surface area contributed by atoms with Gasteiger partial charge in [0.25, 0.3) is 0 Å². The summed E-state index contributed by atoms with van der Waals surface area (Å²) in [6, 6.07) is 0. The molecule has 0 spiro atoms. The first-order valence-corrected chi connectivity index (χ1v) is 7.30. The lowest BCUT2D eigenvalue weighted by atomic mass is 9.81. The van der Waals surface area contributed by atoms with Crippen LogP contribution in [0.2, 0.25) is 0 Å². The van der Waals surface area contributed by atoms with Gasteiger partial charge in [-0.25, -0.2) is 0 Å². The van der Waals surface area contributed by atoms with Crippen molar-refractivity contribution in [2.75, 3.05) is 0 Å². The Hall–Kier alpha value is -0.260. The van der Waals surface area contributed by atoms with E-state index < -0.39 is 0 Å². The van der Waals surface area contributed by atoms with Gasteiger partial charge in [0, 0.05) is 0 Å². The lowest BCUT2D eigenvalue weighted by molar-refractivity contribution is 0.283. The SMILES string of the molecule is CC[C@H]1C/C=C/[C@H](C)CC[C@@H](C(C)C)CC1. The van der Waals surface area contributed by atoms with Gasteiger partial charge in [-0.05, 0) is 55.8 Å². The summed E-state index contributed by atoms with van der Waals surface area (Å²) in [7, 11) is 0. The summed E-state index contributed by atoms with van der Waals surface area (Å²) in [6.45, 7) is 9.52. The third-order valence-corrected chi connectivity index (χ3v) is 4.39. The van der Waals surface area contributed by atoms with E-state index in [1.54, 1.807) is 0 Å². The second-order valence-electron chi connectivity index (χ2n) is 6.07. The summed E-state index contributed by atoms with van der Waals surface area (Å²) in [6.07, 6.45) is 13.3. The van der Waals surface area contributed by atoms with Gasteiger partial charge in [0.2, 0.25) is 0 Å². The van der Waals surface area contributed by atoms with Gasteiger partial charge in [0.1, 0.15) is 0 Å². The molecule has 0 saturated carbocycles. The van der Waals surface area contributed by atoms with Crippen molar-refractivity contribution in [2.45, 2.75) is 66.2 Å². The summed E-state index contributed by atoms with van der Waals surface area (Å²) in [5, 5.41) is 0. The maximum absolute atomic E-state index is 2.45. The van der Waals surface area contributed by atoms with Gasteiger partial charge in [-0.3, -0.25) is 0 Å². The largest absolute Gasteiger partial charge is 0.0880 e. The predicted molar refractivity (Wildman–Crippen MR) is 73.5 cm³/mol. The molecule has 1 aliphatic carbocycles. The van der Waals surface area contributed by atoms with E-state index in [1.807, 2.05) is 0 Å². The zero-order valence-electron chi connectivity index (χ0n) is 11.7. The van der Waals surface area contributed by atoms with Crippen LogP contribution in [0.15, 0.2) is 12.2 Å². The fourth-order valence-corrected chi connectivity index (χ4v) is 2.83. The summed E-state index contributed by atoms with van der Waals surface area (Å²) in [5.41, 5.74) is 0. The third-order valence-electron chi connectivity index (χ3n) is 4.39. The summed E-state index contributed by atoms with van der Waals surface area (Å²) in [5.74, 6) is 3.55. The van der Waals surface area contributed by atoms with Gasteiger partial charge in [0.15, 0.2) is 0 Å². The molecule has 0 N–H and O–H groups in total. The van der Waals surface area contributed by atoms with Crippen molar-refractivity contribution in [1.82, 2.24) is 0 Å². The monoisotopic (exact) mass is 222 g/mol. The lowest BCUT2D eigenvalue weighted by Gasteiger charge is -2.25. The van der Waals surface area contributed by atoms with Gasteiger partial charge in [-0.15, -0.1) is 0 Å². The molecule has 0 amide bonds. The molecule has 3 atom stereocenters. The van der Waals surface area contributed by atoms with Gasteiger partial charge in [-0.2, -0.15) is 0 Å². The highest BCUT2D eigenvalue weighted by Gasteiger charge is 2.17. The van der Waals surface area contributed by atoms with Crippen LogP contribution < -0.4 is 0 Å². The van der Waals surface area contributed by atoms with Gasteiger partial charge in [0.05, 0.1) is 0 Å². The van der Waals surface area contributed by atoms with Crippen molar-refractivity contribution in [2.24, 2.45) is 23.7 Å².